The summed E-state index contributed by atoms with van der Waals surface area (Å²) in [6.45, 7) is 1.66. The first-order valence-electron chi connectivity index (χ1n) is 6.77. The monoisotopic (exact) mass is 394 g/mol. The third kappa shape index (κ3) is 5.21. The van der Waals surface area contributed by atoms with Crippen LogP contribution in [0.15, 0.2) is 24.7 Å². The molecular formula is C14H20Br2O3. The number of ether oxygens (including phenoxy) is 3. The molecular weight excluding hydrogens is 376 g/mol. The summed E-state index contributed by atoms with van der Waals surface area (Å²) in [7, 11) is 0. The molecule has 2 aliphatic rings. The summed E-state index contributed by atoms with van der Waals surface area (Å²) in [5.41, 5.74) is 0. The second-order valence-corrected chi connectivity index (χ2v) is 7.13. The molecule has 0 aromatic carbocycles. The molecule has 5 heteroatoms. The Morgan fingerprint density at radius 1 is 0.842 bits per heavy atom. The van der Waals surface area contributed by atoms with Crippen LogP contribution in [-0.2, 0) is 14.2 Å². The average Bonchev–Trinajstić information content (AvgIpc) is 2.42. The number of halogens is 2. The van der Waals surface area contributed by atoms with Gasteiger partial charge in [0.15, 0.2) is 0 Å². The molecule has 4 unspecified atom stereocenters. The predicted molar refractivity (Wildman–Crippen MR) is 82.7 cm³/mol. The summed E-state index contributed by atoms with van der Waals surface area (Å²) >= 11 is 7.24. The Hall–Kier alpha value is 0.160. The van der Waals surface area contributed by atoms with E-state index in [1.54, 1.807) is 12.5 Å². The fraction of sp³-hybridized carbons (Fsp3) is 0.714. The Morgan fingerprint density at radius 3 is 1.74 bits per heavy atom. The van der Waals surface area contributed by atoms with Gasteiger partial charge in [-0.15, -0.1) is 0 Å². The van der Waals surface area contributed by atoms with Crippen molar-refractivity contribution in [2.75, 3.05) is 13.2 Å². The van der Waals surface area contributed by atoms with E-state index < -0.39 is 0 Å². The van der Waals surface area contributed by atoms with E-state index in [0.717, 1.165) is 38.9 Å². The Kier molecular flexibility index (Phi) is 6.91. The Balaban J connectivity index is 1.70. The summed E-state index contributed by atoms with van der Waals surface area (Å²) < 4.78 is 16.6. The van der Waals surface area contributed by atoms with Crippen molar-refractivity contribution in [3.63, 3.8) is 0 Å². The first-order valence-corrected chi connectivity index (χ1v) is 8.60. The molecule has 19 heavy (non-hydrogen) atoms. The minimum absolute atomic E-state index is 0.108. The largest absolute Gasteiger partial charge is 0.473 e. The summed E-state index contributed by atoms with van der Waals surface area (Å²) in [4.78, 5) is 0.775. The van der Waals surface area contributed by atoms with Gasteiger partial charge in [0.25, 0.3) is 0 Å². The van der Waals surface area contributed by atoms with Crippen LogP contribution in [0, 0.1) is 0 Å². The zero-order chi connectivity index (χ0) is 13.5. The minimum atomic E-state index is 0.108. The lowest BCUT2D eigenvalue weighted by atomic mass is 10.1. The maximum Gasteiger partial charge on any atom is 0.0913 e. The van der Waals surface area contributed by atoms with E-state index in [1.165, 1.54) is 0 Å². The van der Waals surface area contributed by atoms with Crippen molar-refractivity contribution in [1.82, 2.24) is 0 Å². The van der Waals surface area contributed by atoms with Gasteiger partial charge >= 0.3 is 0 Å². The van der Waals surface area contributed by atoms with Crippen LogP contribution >= 0.6 is 31.9 Å². The molecule has 0 spiro atoms. The standard InChI is InChI=1S/C14H20Br2O3/c15-11-3-1-7-18-13(11)5-9-17-10-6-14-12(16)4-2-8-19-14/h5-6,9-14H,1-4,7-8H2. The summed E-state index contributed by atoms with van der Waals surface area (Å²) in [6, 6.07) is 0. The number of alkyl halides is 2. The van der Waals surface area contributed by atoms with Crippen LogP contribution in [0.4, 0.5) is 0 Å². The molecule has 2 heterocycles. The molecule has 108 valence electrons. The highest BCUT2D eigenvalue weighted by atomic mass is 79.9. The second kappa shape index (κ2) is 8.45. The minimum Gasteiger partial charge on any atom is -0.473 e. The zero-order valence-electron chi connectivity index (χ0n) is 10.8. The molecule has 3 nitrogen and oxygen atoms in total. The molecule has 0 aromatic heterocycles. The van der Waals surface area contributed by atoms with Crippen LogP contribution < -0.4 is 0 Å². The lowest BCUT2D eigenvalue weighted by molar-refractivity contribution is 0.0505. The molecule has 2 aliphatic heterocycles. The van der Waals surface area contributed by atoms with Gasteiger partial charge < -0.3 is 14.2 Å². The van der Waals surface area contributed by atoms with E-state index >= 15 is 0 Å². The van der Waals surface area contributed by atoms with Gasteiger partial charge in [0.2, 0.25) is 0 Å². The normalized spacial score (nSPS) is 36.9. The van der Waals surface area contributed by atoms with E-state index in [-0.39, 0.29) is 12.2 Å². The van der Waals surface area contributed by atoms with Crippen LogP contribution in [0.3, 0.4) is 0 Å². The van der Waals surface area contributed by atoms with Crippen molar-refractivity contribution in [2.24, 2.45) is 0 Å². The van der Waals surface area contributed by atoms with Gasteiger partial charge in [0, 0.05) is 22.9 Å². The van der Waals surface area contributed by atoms with Gasteiger partial charge in [-0.05, 0) is 37.8 Å². The highest BCUT2D eigenvalue weighted by Crippen LogP contribution is 2.23. The first kappa shape index (κ1) is 15.5. The number of rotatable bonds is 4. The molecule has 0 saturated carbocycles. The maximum atomic E-state index is 5.63. The lowest BCUT2D eigenvalue weighted by Crippen LogP contribution is -2.28. The van der Waals surface area contributed by atoms with Crippen molar-refractivity contribution in [3.8, 4) is 0 Å². The van der Waals surface area contributed by atoms with Crippen molar-refractivity contribution in [3.05, 3.63) is 24.7 Å². The van der Waals surface area contributed by atoms with Crippen LogP contribution in [0.2, 0.25) is 0 Å². The molecule has 0 bridgehead atoms. The fourth-order valence-electron chi connectivity index (χ4n) is 2.18. The van der Waals surface area contributed by atoms with Gasteiger partial charge in [0.1, 0.15) is 0 Å². The average molecular weight is 396 g/mol. The van der Waals surface area contributed by atoms with Crippen LogP contribution in [0.5, 0.6) is 0 Å². The molecule has 2 rings (SSSR count). The van der Waals surface area contributed by atoms with E-state index in [2.05, 4.69) is 31.9 Å². The SMILES string of the molecule is BrC1CCCOC1C=COC=CC1OCCCC1Br. The van der Waals surface area contributed by atoms with Crippen molar-refractivity contribution in [1.29, 1.82) is 0 Å². The van der Waals surface area contributed by atoms with E-state index in [1.807, 2.05) is 12.2 Å². The van der Waals surface area contributed by atoms with Gasteiger partial charge in [0.05, 0.1) is 24.7 Å². The van der Waals surface area contributed by atoms with Crippen LogP contribution in [0.1, 0.15) is 25.7 Å². The molecule has 2 saturated heterocycles. The highest BCUT2D eigenvalue weighted by Gasteiger charge is 2.21. The molecule has 4 atom stereocenters. The van der Waals surface area contributed by atoms with Crippen LogP contribution in [0.25, 0.3) is 0 Å². The maximum absolute atomic E-state index is 5.63. The Morgan fingerprint density at radius 2 is 1.32 bits per heavy atom. The van der Waals surface area contributed by atoms with Crippen molar-refractivity contribution >= 4 is 31.9 Å². The Bertz CT molecular complexity index is 290. The van der Waals surface area contributed by atoms with E-state index in [4.69, 9.17) is 14.2 Å². The summed E-state index contributed by atoms with van der Waals surface area (Å²) in [5, 5.41) is 0. The van der Waals surface area contributed by atoms with E-state index in [0.29, 0.717) is 9.65 Å². The third-order valence-corrected chi connectivity index (χ3v) is 5.23. The van der Waals surface area contributed by atoms with Gasteiger partial charge in [-0.3, -0.25) is 0 Å². The van der Waals surface area contributed by atoms with Gasteiger partial charge in [-0.1, -0.05) is 31.9 Å². The summed E-state index contributed by atoms with van der Waals surface area (Å²) in [5.74, 6) is 0. The molecule has 0 aromatic rings. The zero-order valence-corrected chi connectivity index (χ0v) is 14.0. The Labute approximate surface area is 131 Å². The first-order chi connectivity index (χ1) is 9.27. The summed E-state index contributed by atoms with van der Waals surface area (Å²) in [6.07, 6.45) is 12.0. The quantitative estimate of drug-likeness (QED) is 0.533. The molecule has 0 aliphatic carbocycles. The van der Waals surface area contributed by atoms with Crippen LogP contribution in [-0.4, -0.2) is 35.1 Å². The highest BCUT2D eigenvalue weighted by molar-refractivity contribution is 9.09. The van der Waals surface area contributed by atoms with Crippen molar-refractivity contribution in [2.45, 2.75) is 47.5 Å². The van der Waals surface area contributed by atoms with E-state index in [9.17, 15) is 0 Å². The fourth-order valence-corrected chi connectivity index (χ4v) is 3.48. The second-order valence-electron chi connectivity index (χ2n) is 4.78. The molecule has 0 amide bonds. The third-order valence-electron chi connectivity index (χ3n) is 3.28. The number of hydrogen-bond acceptors (Lipinski definition) is 3. The smallest absolute Gasteiger partial charge is 0.0913 e. The van der Waals surface area contributed by atoms with Gasteiger partial charge in [-0.2, -0.15) is 0 Å². The molecule has 0 N–H and O–H groups in total. The van der Waals surface area contributed by atoms with Crippen molar-refractivity contribution < 1.29 is 14.2 Å². The lowest BCUT2D eigenvalue weighted by Gasteiger charge is -2.25. The molecule has 2 fully saturated rings. The molecule has 0 radical (unpaired) electrons. The number of hydrogen-bond donors (Lipinski definition) is 0. The topological polar surface area (TPSA) is 27.7 Å². The van der Waals surface area contributed by atoms with Gasteiger partial charge in [-0.25, -0.2) is 0 Å². The predicted octanol–water partition coefficient (Wildman–Crippen LogP) is 3.92.